The van der Waals surface area contributed by atoms with E-state index < -0.39 is 11.6 Å². The van der Waals surface area contributed by atoms with E-state index in [9.17, 15) is 14.4 Å². The zero-order chi connectivity index (χ0) is 24.9. The van der Waals surface area contributed by atoms with Crippen LogP contribution in [0.3, 0.4) is 0 Å². The lowest BCUT2D eigenvalue weighted by molar-refractivity contribution is -0.139. The van der Waals surface area contributed by atoms with E-state index in [1.165, 1.54) is 6.92 Å². The molecule has 9 nitrogen and oxygen atoms in total. The predicted octanol–water partition coefficient (Wildman–Crippen LogP) is 2.86. The largest absolute Gasteiger partial charge is 0.495 e. The summed E-state index contributed by atoms with van der Waals surface area (Å²) >= 11 is 0. The van der Waals surface area contributed by atoms with Crippen LogP contribution in [0.4, 0.5) is 10.5 Å². The van der Waals surface area contributed by atoms with E-state index >= 15 is 0 Å². The normalized spacial score (nSPS) is 18.5. The molecule has 3 rings (SSSR count). The van der Waals surface area contributed by atoms with Gasteiger partial charge in [-0.05, 0) is 57.6 Å². The van der Waals surface area contributed by atoms with Gasteiger partial charge in [-0.2, -0.15) is 0 Å². The second-order valence-corrected chi connectivity index (χ2v) is 10.3. The van der Waals surface area contributed by atoms with Crippen molar-refractivity contribution in [3.63, 3.8) is 0 Å². The highest BCUT2D eigenvalue weighted by molar-refractivity contribution is 5.91. The molecule has 0 bridgehead atoms. The fourth-order valence-electron chi connectivity index (χ4n) is 4.63. The first kappa shape index (κ1) is 25.8. The summed E-state index contributed by atoms with van der Waals surface area (Å²) in [6.45, 7) is 9.87. The molecule has 0 saturated carbocycles. The second-order valence-electron chi connectivity index (χ2n) is 10.3. The molecule has 2 aliphatic rings. The van der Waals surface area contributed by atoms with E-state index in [1.807, 2.05) is 54.8 Å². The zero-order valence-electron chi connectivity index (χ0n) is 21.0. The molecular formula is C25H38N4O5. The predicted molar refractivity (Wildman–Crippen MR) is 130 cm³/mol. The van der Waals surface area contributed by atoms with Gasteiger partial charge in [-0.15, -0.1) is 0 Å². The smallest absolute Gasteiger partial charge is 0.321 e. The number of ether oxygens (including phenoxy) is 2. The number of hydrogen-bond donors (Lipinski definition) is 2. The van der Waals surface area contributed by atoms with Crippen LogP contribution >= 0.6 is 0 Å². The molecule has 2 aliphatic heterocycles. The van der Waals surface area contributed by atoms with Gasteiger partial charge in [0.15, 0.2) is 0 Å². The fourth-order valence-corrected chi connectivity index (χ4v) is 4.63. The zero-order valence-corrected chi connectivity index (χ0v) is 21.0. The van der Waals surface area contributed by atoms with Gasteiger partial charge >= 0.3 is 6.03 Å². The van der Waals surface area contributed by atoms with Crippen LogP contribution in [0.25, 0.3) is 0 Å². The van der Waals surface area contributed by atoms with E-state index in [1.54, 1.807) is 7.11 Å². The van der Waals surface area contributed by atoms with E-state index in [-0.39, 0.29) is 29.9 Å². The van der Waals surface area contributed by atoms with Crippen LogP contribution in [0.2, 0.25) is 0 Å². The monoisotopic (exact) mass is 474 g/mol. The van der Waals surface area contributed by atoms with E-state index in [0.29, 0.717) is 37.6 Å². The SMILES string of the molecule is COc1ccccc1NC(=O)N1CCC2(CC1)CCN(C(=O)[C@H](COC(C)(C)C)NC(C)=O)C2. The Morgan fingerprint density at radius 1 is 1.06 bits per heavy atom. The molecule has 188 valence electrons. The summed E-state index contributed by atoms with van der Waals surface area (Å²) in [5, 5.41) is 5.69. The Morgan fingerprint density at radius 3 is 2.26 bits per heavy atom. The molecule has 1 aromatic rings. The molecule has 0 aromatic heterocycles. The van der Waals surface area contributed by atoms with E-state index in [0.717, 1.165) is 19.3 Å². The van der Waals surface area contributed by atoms with Gasteiger partial charge in [0.1, 0.15) is 11.8 Å². The second kappa shape index (κ2) is 10.6. The lowest BCUT2D eigenvalue weighted by atomic mass is 9.78. The minimum atomic E-state index is -0.696. The first-order valence-electron chi connectivity index (χ1n) is 11.9. The van der Waals surface area contributed by atoms with E-state index in [4.69, 9.17) is 9.47 Å². The van der Waals surface area contributed by atoms with Crippen molar-refractivity contribution in [3.05, 3.63) is 24.3 Å². The summed E-state index contributed by atoms with van der Waals surface area (Å²) in [6, 6.07) is 6.50. The lowest BCUT2D eigenvalue weighted by Gasteiger charge is -2.39. The van der Waals surface area contributed by atoms with Crippen molar-refractivity contribution in [1.82, 2.24) is 15.1 Å². The number of urea groups is 1. The number of para-hydroxylation sites is 2. The van der Waals surface area contributed by atoms with Crippen LogP contribution < -0.4 is 15.4 Å². The number of carbonyl (C=O) groups is 3. The molecule has 0 unspecified atom stereocenters. The molecule has 2 saturated heterocycles. The maximum atomic E-state index is 13.2. The Labute approximate surface area is 202 Å². The molecule has 2 fully saturated rings. The third-order valence-electron chi connectivity index (χ3n) is 6.57. The number of nitrogens with zero attached hydrogens (tertiary/aromatic N) is 2. The quantitative estimate of drug-likeness (QED) is 0.660. The van der Waals surface area contributed by atoms with Crippen LogP contribution in [0.1, 0.15) is 47.0 Å². The number of amides is 4. The Kier molecular flexibility index (Phi) is 8.07. The Morgan fingerprint density at radius 2 is 1.68 bits per heavy atom. The van der Waals surface area contributed by atoms with Crippen molar-refractivity contribution in [2.75, 3.05) is 45.2 Å². The Bertz CT molecular complexity index is 890. The highest BCUT2D eigenvalue weighted by Gasteiger charge is 2.44. The van der Waals surface area contributed by atoms with Gasteiger partial charge in [0.2, 0.25) is 11.8 Å². The molecule has 1 atom stereocenters. The Hall–Kier alpha value is -2.81. The number of carbonyl (C=O) groups excluding carboxylic acids is 3. The van der Waals surface area contributed by atoms with Crippen molar-refractivity contribution >= 4 is 23.5 Å². The van der Waals surface area contributed by atoms with Crippen molar-refractivity contribution in [2.24, 2.45) is 5.41 Å². The standard InChI is InChI=1S/C25H38N4O5/c1-18(30)26-20(16-34-24(2,3)4)22(31)29-15-12-25(17-29)10-13-28(14-11-25)23(32)27-19-8-6-7-9-21(19)33-5/h6-9,20H,10-17H2,1-5H3,(H,26,30)(H,27,32)/t20-/m0/s1. The summed E-state index contributed by atoms with van der Waals surface area (Å²) in [7, 11) is 1.58. The minimum Gasteiger partial charge on any atom is -0.495 e. The molecule has 4 amide bonds. The van der Waals surface area contributed by atoms with E-state index in [2.05, 4.69) is 10.6 Å². The number of piperidine rings is 1. The third-order valence-corrected chi connectivity index (χ3v) is 6.57. The molecule has 9 heteroatoms. The van der Waals surface area contributed by atoms with Crippen LogP contribution in [-0.2, 0) is 14.3 Å². The Balaban J connectivity index is 1.55. The van der Waals surface area contributed by atoms with Crippen molar-refractivity contribution in [2.45, 2.75) is 58.6 Å². The van der Waals surface area contributed by atoms with Gasteiger partial charge in [0.05, 0.1) is 25.0 Å². The lowest BCUT2D eigenvalue weighted by Crippen LogP contribution is -2.52. The highest BCUT2D eigenvalue weighted by atomic mass is 16.5. The molecule has 2 heterocycles. The fraction of sp³-hybridized carbons (Fsp3) is 0.640. The van der Waals surface area contributed by atoms with Crippen LogP contribution in [0.5, 0.6) is 5.75 Å². The summed E-state index contributed by atoms with van der Waals surface area (Å²) in [4.78, 5) is 41.3. The summed E-state index contributed by atoms with van der Waals surface area (Å²) in [5.74, 6) is 0.269. The molecule has 2 N–H and O–H groups in total. The summed E-state index contributed by atoms with van der Waals surface area (Å²) in [6.07, 6.45) is 2.56. The van der Waals surface area contributed by atoms with Crippen LogP contribution in [0, 0.1) is 5.41 Å². The molecule has 1 aromatic carbocycles. The topological polar surface area (TPSA) is 100 Å². The average Bonchev–Trinajstić information content (AvgIpc) is 3.19. The first-order chi connectivity index (χ1) is 16.0. The van der Waals surface area contributed by atoms with Crippen LogP contribution in [-0.4, -0.2) is 79.2 Å². The minimum absolute atomic E-state index is 0.00251. The number of likely N-dealkylation sites (tertiary alicyclic amines) is 2. The van der Waals surface area contributed by atoms with Gasteiger partial charge in [0.25, 0.3) is 0 Å². The van der Waals surface area contributed by atoms with Crippen molar-refractivity contribution < 1.29 is 23.9 Å². The van der Waals surface area contributed by atoms with Crippen molar-refractivity contribution in [3.8, 4) is 5.75 Å². The summed E-state index contributed by atoms with van der Waals surface area (Å²) < 4.78 is 11.1. The molecule has 0 radical (unpaired) electrons. The number of anilines is 1. The highest BCUT2D eigenvalue weighted by Crippen LogP contribution is 2.40. The van der Waals surface area contributed by atoms with Crippen LogP contribution in [0.15, 0.2) is 24.3 Å². The van der Waals surface area contributed by atoms with Crippen molar-refractivity contribution in [1.29, 1.82) is 0 Å². The van der Waals surface area contributed by atoms with Gasteiger partial charge in [-0.25, -0.2) is 4.79 Å². The number of hydrogen-bond acceptors (Lipinski definition) is 5. The molecular weight excluding hydrogens is 436 g/mol. The third kappa shape index (κ3) is 6.62. The maximum absolute atomic E-state index is 13.2. The number of nitrogens with one attached hydrogen (secondary N) is 2. The number of benzene rings is 1. The average molecular weight is 475 g/mol. The van der Waals surface area contributed by atoms with Gasteiger partial charge in [-0.3, -0.25) is 9.59 Å². The summed E-state index contributed by atoms with van der Waals surface area (Å²) in [5.41, 5.74) is 0.248. The maximum Gasteiger partial charge on any atom is 0.321 e. The molecule has 34 heavy (non-hydrogen) atoms. The number of rotatable bonds is 6. The van der Waals surface area contributed by atoms with Gasteiger partial charge < -0.3 is 29.9 Å². The molecule has 1 spiro atoms. The molecule has 0 aliphatic carbocycles. The van der Waals surface area contributed by atoms with Gasteiger partial charge in [-0.1, -0.05) is 12.1 Å². The first-order valence-corrected chi connectivity index (χ1v) is 11.9. The number of methoxy groups -OCH3 is 1. The van der Waals surface area contributed by atoms with Gasteiger partial charge in [0, 0.05) is 33.1 Å².